The highest BCUT2D eigenvalue weighted by Gasteiger charge is 2.13. The van der Waals surface area contributed by atoms with E-state index in [0.717, 1.165) is 12.1 Å². The third-order valence-electron chi connectivity index (χ3n) is 3.73. The third-order valence-corrected chi connectivity index (χ3v) is 3.73. The second-order valence-corrected chi connectivity index (χ2v) is 5.50. The van der Waals surface area contributed by atoms with Crippen LogP contribution >= 0.6 is 0 Å². The van der Waals surface area contributed by atoms with Gasteiger partial charge in [0, 0.05) is 31.3 Å². The maximum atomic E-state index is 13.0. The zero-order valence-corrected chi connectivity index (χ0v) is 13.9. The van der Waals surface area contributed by atoms with E-state index in [9.17, 15) is 14.0 Å². The van der Waals surface area contributed by atoms with Crippen LogP contribution in [0.2, 0.25) is 0 Å². The van der Waals surface area contributed by atoms with Crippen molar-refractivity contribution in [3.63, 3.8) is 0 Å². The van der Waals surface area contributed by atoms with Crippen LogP contribution in [0.1, 0.15) is 25.8 Å². The molecule has 0 saturated heterocycles. The molecule has 126 valence electrons. The number of carbonyl (C=O) groups excluding carboxylic acids is 2. The van der Waals surface area contributed by atoms with Crippen molar-refractivity contribution in [3.8, 4) is 0 Å². The van der Waals surface area contributed by atoms with E-state index in [0.29, 0.717) is 5.69 Å². The molecule has 2 rings (SSSR count). The van der Waals surface area contributed by atoms with Crippen molar-refractivity contribution in [1.82, 2.24) is 0 Å². The molecule has 0 fully saturated rings. The molecular formula is C19H21FN2O2. The summed E-state index contributed by atoms with van der Waals surface area (Å²) >= 11 is 0. The lowest BCUT2D eigenvalue weighted by Gasteiger charge is -2.21. The van der Waals surface area contributed by atoms with Crippen molar-refractivity contribution < 1.29 is 14.0 Å². The van der Waals surface area contributed by atoms with Gasteiger partial charge in [-0.2, -0.15) is 0 Å². The van der Waals surface area contributed by atoms with Crippen molar-refractivity contribution in [2.75, 3.05) is 16.8 Å². The Morgan fingerprint density at radius 2 is 1.67 bits per heavy atom. The number of halogens is 1. The molecule has 2 aromatic carbocycles. The molecule has 2 amide bonds. The molecule has 5 heteroatoms. The quantitative estimate of drug-likeness (QED) is 0.877. The molecule has 0 bridgehead atoms. The summed E-state index contributed by atoms with van der Waals surface area (Å²) in [5.41, 5.74) is 2.50. The number of carbonyl (C=O) groups is 2. The lowest BCUT2D eigenvalue weighted by molar-refractivity contribution is -0.117. The van der Waals surface area contributed by atoms with Gasteiger partial charge in [0.15, 0.2) is 0 Å². The number of aryl methyl sites for hydroxylation is 1. The van der Waals surface area contributed by atoms with Crippen LogP contribution in [0.4, 0.5) is 15.8 Å². The van der Waals surface area contributed by atoms with Gasteiger partial charge in [-0.25, -0.2) is 4.39 Å². The zero-order valence-electron chi connectivity index (χ0n) is 13.9. The maximum Gasteiger partial charge on any atom is 0.226 e. The molecule has 2 aromatic rings. The SMILES string of the molecule is CCc1ccc(NC(=O)CCN(C(C)=O)c2ccc(F)cc2)cc1. The van der Waals surface area contributed by atoms with E-state index >= 15 is 0 Å². The first-order chi connectivity index (χ1) is 11.5. The molecule has 0 aromatic heterocycles. The number of nitrogens with one attached hydrogen (secondary N) is 1. The van der Waals surface area contributed by atoms with E-state index in [4.69, 9.17) is 0 Å². The molecule has 24 heavy (non-hydrogen) atoms. The van der Waals surface area contributed by atoms with Gasteiger partial charge >= 0.3 is 0 Å². The number of hydrogen-bond donors (Lipinski definition) is 1. The molecule has 1 N–H and O–H groups in total. The zero-order chi connectivity index (χ0) is 17.5. The Morgan fingerprint density at radius 1 is 1.04 bits per heavy atom. The van der Waals surface area contributed by atoms with E-state index in [1.807, 2.05) is 24.3 Å². The van der Waals surface area contributed by atoms with Crippen LogP contribution in [0.3, 0.4) is 0 Å². The van der Waals surface area contributed by atoms with E-state index in [1.165, 1.54) is 41.7 Å². The lowest BCUT2D eigenvalue weighted by atomic mass is 10.1. The Bertz CT molecular complexity index is 696. The molecule has 0 atom stereocenters. The van der Waals surface area contributed by atoms with Gasteiger partial charge in [-0.05, 0) is 48.4 Å². The fourth-order valence-electron chi connectivity index (χ4n) is 2.35. The van der Waals surface area contributed by atoms with Crippen molar-refractivity contribution in [3.05, 3.63) is 59.9 Å². The number of hydrogen-bond acceptors (Lipinski definition) is 2. The van der Waals surface area contributed by atoms with Gasteiger partial charge in [-0.15, -0.1) is 0 Å². The third kappa shape index (κ3) is 4.91. The van der Waals surface area contributed by atoms with Crippen molar-refractivity contribution >= 4 is 23.2 Å². The van der Waals surface area contributed by atoms with Gasteiger partial charge in [-0.1, -0.05) is 19.1 Å². The van der Waals surface area contributed by atoms with E-state index in [-0.39, 0.29) is 30.6 Å². The van der Waals surface area contributed by atoms with E-state index in [2.05, 4.69) is 12.2 Å². The summed E-state index contributed by atoms with van der Waals surface area (Å²) < 4.78 is 13.0. The first-order valence-corrected chi connectivity index (χ1v) is 7.92. The highest BCUT2D eigenvalue weighted by molar-refractivity contribution is 5.94. The molecule has 0 aliphatic heterocycles. The number of amides is 2. The van der Waals surface area contributed by atoms with Crippen LogP contribution in [-0.2, 0) is 16.0 Å². The van der Waals surface area contributed by atoms with Crippen molar-refractivity contribution in [2.45, 2.75) is 26.7 Å². The largest absolute Gasteiger partial charge is 0.326 e. The lowest BCUT2D eigenvalue weighted by Crippen LogP contribution is -2.31. The van der Waals surface area contributed by atoms with Crippen LogP contribution in [0.15, 0.2) is 48.5 Å². The topological polar surface area (TPSA) is 49.4 Å². The van der Waals surface area contributed by atoms with Crippen LogP contribution in [0.25, 0.3) is 0 Å². The summed E-state index contributed by atoms with van der Waals surface area (Å²) in [4.78, 5) is 25.3. The van der Waals surface area contributed by atoms with Crippen LogP contribution in [0, 0.1) is 5.82 Å². The average molecular weight is 328 g/mol. The normalized spacial score (nSPS) is 10.3. The Labute approximate surface area is 141 Å². The summed E-state index contributed by atoms with van der Waals surface area (Å²) in [5.74, 6) is -0.732. The van der Waals surface area contributed by atoms with Gasteiger partial charge in [0.1, 0.15) is 5.82 Å². The smallest absolute Gasteiger partial charge is 0.226 e. The number of anilines is 2. The summed E-state index contributed by atoms with van der Waals surface area (Å²) in [7, 11) is 0. The maximum absolute atomic E-state index is 13.0. The highest BCUT2D eigenvalue weighted by Crippen LogP contribution is 2.16. The molecule has 4 nitrogen and oxygen atoms in total. The Hall–Kier alpha value is -2.69. The monoisotopic (exact) mass is 328 g/mol. The predicted octanol–water partition coefficient (Wildman–Crippen LogP) is 3.77. The first kappa shape index (κ1) is 17.7. The van der Waals surface area contributed by atoms with Crippen LogP contribution in [0.5, 0.6) is 0 Å². The van der Waals surface area contributed by atoms with Gasteiger partial charge < -0.3 is 10.2 Å². The summed E-state index contributed by atoms with van der Waals surface area (Å²) in [6.07, 6.45) is 1.10. The van der Waals surface area contributed by atoms with Crippen LogP contribution < -0.4 is 10.2 Å². The number of nitrogens with zero attached hydrogens (tertiary/aromatic N) is 1. The minimum atomic E-state index is -0.365. The van der Waals surface area contributed by atoms with Crippen molar-refractivity contribution in [1.29, 1.82) is 0 Å². The van der Waals surface area contributed by atoms with Gasteiger partial charge in [0.2, 0.25) is 11.8 Å². The summed E-state index contributed by atoms with van der Waals surface area (Å²) in [6, 6.07) is 13.3. The Kier molecular flexibility index (Phi) is 6.07. The van der Waals surface area contributed by atoms with Crippen molar-refractivity contribution in [2.24, 2.45) is 0 Å². The molecule has 0 aliphatic carbocycles. The van der Waals surface area contributed by atoms with E-state index < -0.39 is 0 Å². The standard InChI is InChI=1S/C19H21FN2O2/c1-3-15-4-8-17(9-5-15)21-19(24)12-13-22(14(2)23)18-10-6-16(20)7-11-18/h4-11H,3,12-13H2,1-2H3,(H,21,24). The second kappa shape index (κ2) is 8.24. The minimum Gasteiger partial charge on any atom is -0.326 e. The molecule has 0 spiro atoms. The fourth-order valence-corrected chi connectivity index (χ4v) is 2.35. The molecule has 0 heterocycles. The fraction of sp³-hybridized carbons (Fsp3) is 0.263. The van der Waals surface area contributed by atoms with Crippen LogP contribution in [-0.4, -0.2) is 18.4 Å². The molecule has 0 aliphatic rings. The molecule has 0 saturated carbocycles. The summed E-state index contributed by atoms with van der Waals surface area (Å²) in [5, 5.41) is 2.81. The van der Waals surface area contributed by atoms with Gasteiger partial charge in [0.25, 0.3) is 0 Å². The minimum absolute atomic E-state index is 0.159. The molecule has 0 radical (unpaired) electrons. The van der Waals surface area contributed by atoms with Gasteiger partial charge in [0.05, 0.1) is 0 Å². The Balaban J connectivity index is 1.94. The molecular weight excluding hydrogens is 307 g/mol. The first-order valence-electron chi connectivity index (χ1n) is 7.92. The summed E-state index contributed by atoms with van der Waals surface area (Å²) in [6.45, 7) is 3.73. The molecule has 0 unspecified atom stereocenters. The second-order valence-electron chi connectivity index (χ2n) is 5.50. The number of rotatable bonds is 6. The predicted molar refractivity (Wildman–Crippen MR) is 93.5 cm³/mol. The van der Waals surface area contributed by atoms with E-state index in [1.54, 1.807) is 0 Å². The Morgan fingerprint density at radius 3 is 2.21 bits per heavy atom. The number of benzene rings is 2. The van der Waals surface area contributed by atoms with Gasteiger partial charge in [-0.3, -0.25) is 9.59 Å². The average Bonchev–Trinajstić information content (AvgIpc) is 2.57. The highest BCUT2D eigenvalue weighted by atomic mass is 19.1.